The van der Waals surface area contributed by atoms with Gasteiger partial charge in [-0.25, -0.2) is 4.98 Å². The Kier molecular flexibility index (Phi) is 4.30. The van der Waals surface area contributed by atoms with Crippen molar-refractivity contribution in [3.8, 4) is 0 Å². The van der Waals surface area contributed by atoms with Crippen molar-refractivity contribution in [2.75, 3.05) is 11.9 Å². The highest BCUT2D eigenvalue weighted by Gasteiger charge is 2.17. The van der Waals surface area contributed by atoms with Gasteiger partial charge in [0, 0.05) is 29.9 Å². The van der Waals surface area contributed by atoms with Gasteiger partial charge in [-0.1, -0.05) is 11.8 Å². The maximum Gasteiger partial charge on any atom is 0.301 e. The summed E-state index contributed by atoms with van der Waals surface area (Å²) in [5.74, 6) is 0.629. The van der Waals surface area contributed by atoms with Crippen LogP contribution < -0.4 is 5.32 Å². The van der Waals surface area contributed by atoms with Crippen LogP contribution in [0.5, 0.6) is 0 Å². The van der Waals surface area contributed by atoms with Crippen molar-refractivity contribution < 1.29 is 4.92 Å². The molecule has 7 heteroatoms. The van der Waals surface area contributed by atoms with E-state index < -0.39 is 4.92 Å². The highest BCUT2D eigenvalue weighted by molar-refractivity contribution is 7.99. The molecule has 0 saturated heterocycles. The van der Waals surface area contributed by atoms with Crippen LogP contribution in [0.3, 0.4) is 0 Å². The molecule has 0 saturated carbocycles. The minimum absolute atomic E-state index is 0.00321. The SMILES string of the molecule is CCNc1ccc([N+](=O)[O-])c(Sc2ccncc2)n1. The van der Waals surface area contributed by atoms with Gasteiger partial charge in [0.15, 0.2) is 5.03 Å². The Morgan fingerprint density at radius 2 is 2.05 bits per heavy atom. The summed E-state index contributed by atoms with van der Waals surface area (Å²) < 4.78 is 0. The van der Waals surface area contributed by atoms with E-state index in [1.165, 1.54) is 17.8 Å². The van der Waals surface area contributed by atoms with Crippen LogP contribution >= 0.6 is 11.8 Å². The Morgan fingerprint density at radius 1 is 1.32 bits per heavy atom. The lowest BCUT2D eigenvalue weighted by atomic mass is 10.4. The summed E-state index contributed by atoms with van der Waals surface area (Å²) in [6, 6.07) is 6.65. The number of pyridine rings is 2. The van der Waals surface area contributed by atoms with E-state index in [1.54, 1.807) is 30.6 Å². The summed E-state index contributed by atoms with van der Waals surface area (Å²) in [5, 5.41) is 14.4. The quantitative estimate of drug-likeness (QED) is 0.668. The van der Waals surface area contributed by atoms with E-state index in [4.69, 9.17) is 0 Å². The average molecular weight is 276 g/mol. The Balaban J connectivity index is 2.35. The molecule has 19 heavy (non-hydrogen) atoms. The molecular weight excluding hydrogens is 264 g/mol. The Hall–Kier alpha value is -2.15. The molecule has 98 valence electrons. The fraction of sp³-hybridized carbons (Fsp3) is 0.167. The van der Waals surface area contributed by atoms with E-state index in [2.05, 4.69) is 15.3 Å². The van der Waals surface area contributed by atoms with Gasteiger partial charge in [-0.3, -0.25) is 15.1 Å². The molecule has 6 nitrogen and oxygen atoms in total. The predicted molar refractivity (Wildman–Crippen MR) is 73.4 cm³/mol. The number of nitrogens with zero attached hydrogens (tertiary/aromatic N) is 3. The number of nitro groups is 1. The molecule has 0 fully saturated rings. The largest absolute Gasteiger partial charge is 0.370 e. The average Bonchev–Trinajstić information content (AvgIpc) is 2.40. The zero-order valence-electron chi connectivity index (χ0n) is 10.2. The van der Waals surface area contributed by atoms with E-state index in [0.717, 1.165) is 4.90 Å². The zero-order chi connectivity index (χ0) is 13.7. The van der Waals surface area contributed by atoms with Crippen LogP contribution in [0.25, 0.3) is 0 Å². The van der Waals surface area contributed by atoms with Crippen LogP contribution in [0.4, 0.5) is 11.5 Å². The van der Waals surface area contributed by atoms with Gasteiger partial charge in [0.1, 0.15) is 5.82 Å². The molecule has 0 aliphatic carbocycles. The minimum atomic E-state index is -0.424. The Morgan fingerprint density at radius 3 is 2.68 bits per heavy atom. The van der Waals surface area contributed by atoms with E-state index in [0.29, 0.717) is 17.4 Å². The summed E-state index contributed by atoms with van der Waals surface area (Å²) in [5.41, 5.74) is 0.00321. The highest BCUT2D eigenvalue weighted by atomic mass is 32.2. The molecule has 1 N–H and O–H groups in total. The first-order valence-electron chi connectivity index (χ1n) is 5.68. The first kappa shape index (κ1) is 13.3. The van der Waals surface area contributed by atoms with Crippen molar-refractivity contribution in [3.63, 3.8) is 0 Å². The molecule has 0 aliphatic heterocycles. The van der Waals surface area contributed by atoms with E-state index in [-0.39, 0.29) is 5.69 Å². The molecule has 0 atom stereocenters. The highest BCUT2D eigenvalue weighted by Crippen LogP contribution is 2.33. The van der Waals surface area contributed by atoms with E-state index >= 15 is 0 Å². The molecule has 0 unspecified atom stereocenters. The third-order valence-electron chi connectivity index (χ3n) is 2.26. The molecule has 0 aromatic carbocycles. The topological polar surface area (TPSA) is 81.0 Å². The van der Waals surface area contributed by atoms with Crippen molar-refractivity contribution in [3.05, 3.63) is 46.8 Å². The first-order valence-corrected chi connectivity index (χ1v) is 6.49. The molecule has 2 aromatic heterocycles. The number of rotatable bonds is 5. The molecule has 2 aromatic rings. The van der Waals surface area contributed by atoms with Gasteiger partial charge in [-0.15, -0.1) is 0 Å². The first-order chi connectivity index (χ1) is 9.20. The fourth-order valence-corrected chi connectivity index (χ4v) is 2.32. The standard InChI is InChI=1S/C12H12N4O2S/c1-2-14-11-4-3-10(16(17)18)12(15-11)19-9-5-7-13-8-6-9/h3-8H,2H2,1H3,(H,14,15). The van der Waals surface area contributed by atoms with Gasteiger partial charge in [-0.2, -0.15) is 0 Å². The molecule has 2 heterocycles. The van der Waals surface area contributed by atoms with E-state index in [9.17, 15) is 10.1 Å². The summed E-state index contributed by atoms with van der Waals surface area (Å²) in [4.78, 5) is 19.6. The lowest BCUT2D eigenvalue weighted by Crippen LogP contribution is -2.01. The maximum atomic E-state index is 11.0. The number of anilines is 1. The summed E-state index contributed by atoms with van der Waals surface area (Å²) in [6.07, 6.45) is 3.28. The van der Waals surface area contributed by atoms with Crippen LogP contribution in [-0.2, 0) is 0 Å². The van der Waals surface area contributed by atoms with Gasteiger partial charge in [0.25, 0.3) is 0 Å². The molecule has 0 aliphatic rings. The van der Waals surface area contributed by atoms with Crippen molar-refractivity contribution in [2.24, 2.45) is 0 Å². The Bertz CT molecular complexity index is 577. The van der Waals surface area contributed by atoms with Crippen molar-refractivity contribution >= 4 is 23.3 Å². The number of aromatic nitrogens is 2. The van der Waals surface area contributed by atoms with Gasteiger partial charge >= 0.3 is 5.69 Å². The van der Waals surface area contributed by atoms with Gasteiger partial charge < -0.3 is 5.32 Å². The molecule has 0 radical (unpaired) electrons. The number of hydrogen-bond donors (Lipinski definition) is 1. The molecule has 0 spiro atoms. The molecule has 2 rings (SSSR count). The lowest BCUT2D eigenvalue weighted by molar-refractivity contribution is -0.388. The lowest BCUT2D eigenvalue weighted by Gasteiger charge is -2.06. The van der Waals surface area contributed by atoms with Gasteiger partial charge in [-0.05, 0) is 25.1 Å². The smallest absolute Gasteiger partial charge is 0.301 e. The van der Waals surface area contributed by atoms with Crippen LogP contribution in [0, 0.1) is 10.1 Å². The molecule has 0 bridgehead atoms. The summed E-state index contributed by atoms with van der Waals surface area (Å²) in [7, 11) is 0. The van der Waals surface area contributed by atoms with E-state index in [1.807, 2.05) is 6.92 Å². The normalized spacial score (nSPS) is 10.2. The zero-order valence-corrected chi connectivity index (χ0v) is 11.1. The number of nitrogens with one attached hydrogen (secondary N) is 1. The minimum Gasteiger partial charge on any atom is -0.370 e. The monoisotopic (exact) mass is 276 g/mol. The van der Waals surface area contributed by atoms with Crippen LogP contribution in [0.1, 0.15) is 6.92 Å². The number of hydrogen-bond acceptors (Lipinski definition) is 6. The van der Waals surface area contributed by atoms with Crippen molar-refractivity contribution in [1.29, 1.82) is 0 Å². The second-order valence-electron chi connectivity index (χ2n) is 3.59. The Labute approximate surface area is 114 Å². The maximum absolute atomic E-state index is 11.0. The van der Waals surface area contributed by atoms with Gasteiger partial charge in [0.2, 0.25) is 0 Å². The molecular formula is C12H12N4O2S. The van der Waals surface area contributed by atoms with Crippen molar-refractivity contribution in [1.82, 2.24) is 9.97 Å². The van der Waals surface area contributed by atoms with Crippen LogP contribution in [0.2, 0.25) is 0 Å². The fourth-order valence-electron chi connectivity index (χ4n) is 1.44. The second kappa shape index (κ2) is 6.14. The second-order valence-corrected chi connectivity index (χ2v) is 4.66. The molecule has 0 amide bonds. The summed E-state index contributed by atoms with van der Waals surface area (Å²) in [6.45, 7) is 2.66. The van der Waals surface area contributed by atoms with Crippen molar-refractivity contribution in [2.45, 2.75) is 16.8 Å². The predicted octanol–water partition coefficient (Wildman–Crippen LogP) is 2.97. The van der Waals surface area contributed by atoms with Crippen LogP contribution in [0.15, 0.2) is 46.6 Å². The van der Waals surface area contributed by atoms with Crippen LogP contribution in [-0.4, -0.2) is 21.4 Å². The third-order valence-corrected chi connectivity index (χ3v) is 3.26. The summed E-state index contributed by atoms with van der Waals surface area (Å²) >= 11 is 1.25. The third kappa shape index (κ3) is 3.41. The van der Waals surface area contributed by atoms with Gasteiger partial charge in [0.05, 0.1) is 4.92 Å².